The summed E-state index contributed by atoms with van der Waals surface area (Å²) in [5.74, 6) is -0.946. The van der Waals surface area contributed by atoms with Gasteiger partial charge >= 0.3 is 0 Å². The molecule has 23 heavy (non-hydrogen) atoms. The van der Waals surface area contributed by atoms with Crippen LogP contribution in [-0.4, -0.2) is 16.7 Å². The smallest absolute Gasteiger partial charge is 0.274 e. The molecule has 2 bridgehead atoms. The lowest BCUT2D eigenvalue weighted by Gasteiger charge is -2.21. The van der Waals surface area contributed by atoms with Gasteiger partial charge in [-0.2, -0.15) is 0 Å². The molecule has 3 fully saturated rings. The Labute approximate surface area is 131 Å². The summed E-state index contributed by atoms with van der Waals surface area (Å²) in [7, 11) is 0. The van der Waals surface area contributed by atoms with Crippen LogP contribution < -0.4 is 4.90 Å². The highest BCUT2D eigenvalue weighted by Gasteiger charge is 2.73. The van der Waals surface area contributed by atoms with E-state index in [-0.39, 0.29) is 52.3 Å². The van der Waals surface area contributed by atoms with Gasteiger partial charge in [0.25, 0.3) is 5.69 Å². The lowest BCUT2D eigenvalue weighted by atomic mass is 9.85. The first-order valence-corrected chi connectivity index (χ1v) is 7.86. The van der Waals surface area contributed by atoms with E-state index in [2.05, 4.69) is 12.2 Å². The Morgan fingerprint density at radius 2 is 1.61 bits per heavy atom. The molecule has 0 aromatic heterocycles. The number of hydrogen-bond acceptors (Lipinski definition) is 4. The summed E-state index contributed by atoms with van der Waals surface area (Å²) < 4.78 is 0. The van der Waals surface area contributed by atoms with Gasteiger partial charge < -0.3 is 0 Å². The quantitative estimate of drug-likeness (QED) is 0.363. The largest absolute Gasteiger partial charge is 0.293 e. The molecular formula is C17H14N2O4. The fourth-order valence-corrected chi connectivity index (χ4v) is 5.12. The van der Waals surface area contributed by atoms with Crippen LogP contribution in [-0.2, 0) is 9.59 Å². The molecule has 0 N–H and O–H groups in total. The number of para-hydroxylation sites is 2. The van der Waals surface area contributed by atoms with Crippen molar-refractivity contribution in [3.63, 3.8) is 0 Å². The fraction of sp³-hybridized carbons (Fsp3) is 0.412. The molecule has 6 heteroatoms. The van der Waals surface area contributed by atoms with E-state index in [1.807, 2.05) is 0 Å². The molecule has 116 valence electrons. The summed E-state index contributed by atoms with van der Waals surface area (Å²) in [5.41, 5.74) is 0.0387. The third-order valence-electron chi connectivity index (χ3n) is 6.17. The molecule has 3 aliphatic carbocycles. The summed E-state index contributed by atoms with van der Waals surface area (Å²) in [5, 5.41) is 11.2. The monoisotopic (exact) mass is 310 g/mol. The van der Waals surface area contributed by atoms with Crippen molar-refractivity contribution in [2.45, 2.75) is 12.8 Å². The Morgan fingerprint density at radius 3 is 2.13 bits per heavy atom. The number of carbonyl (C=O) groups excluding carboxylic acids is 2. The fourth-order valence-electron chi connectivity index (χ4n) is 5.12. The summed E-state index contributed by atoms with van der Waals surface area (Å²) in [6.45, 7) is 0. The van der Waals surface area contributed by atoms with Crippen LogP contribution >= 0.6 is 0 Å². The zero-order chi connectivity index (χ0) is 15.9. The summed E-state index contributed by atoms with van der Waals surface area (Å²) in [6.07, 6.45) is 6.34. The van der Waals surface area contributed by atoms with Crippen molar-refractivity contribution in [1.29, 1.82) is 0 Å². The molecule has 1 aliphatic heterocycles. The van der Waals surface area contributed by atoms with E-state index in [1.54, 1.807) is 6.07 Å². The lowest BCUT2D eigenvalue weighted by Crippen LogP contribution is -2.35. The lowest BCUT2D eigenvalue weighted by molar-refractivity contribution is -0.384. The van der Waals surface area contributed by atoms with E-state index in [0.29, 0.717) is 0 Å². The molecule has 6 nitrogen and oxygen atoms in total. The molecule has 5 rings (SSSR count). The summed E-state index contributed by atoms with van der Waals surface area (Å²) in [6, 6.07) is 5.97. The van der Waals surface area contributed by atoms with Gasteiger partial charge in [0.05, 0.1) is 16.8 Å². The van der Waals surface area contributed by atoms with Gasteiger partial charge in [-0.25, -0.2) is 4.90 Å². The Kier molecular flexibility index (Phi) is 2.19. The zero-order valence-electron chi connectivity index (χ0n) is 12.2. The van der Waals surface area contributed by atoms with Gasteiger partial charge in [-0.3, -0.25) is 19.7 Å². The number of imide groups is 1. The molecule has 1 aromatic carbocycles. The molecule has 1 spiro atoms. The molecule has 1 aromatic rings. The van der Waals surface area contributed by atoms with Crippen LogP contribution in [0, 0.1) is 39.2 Å². The van der Waals surface area contributed by atoms with Crippen molar-refractivity contribution in [2.75, 3.05) is 4.90 Å². The Bertz CT molecular complexity index is 777. The van der Waals surface area contributed by atoms with E-state index in [9.17, 15) is 19.7 Å². The highest BCUT2D eigenvalue weighted by molar-refractivity contribution is 6.23. The van der Waals surface area contributed by atoms with Crippen LogP contribution in [0.5, 0.6) is 0 Å². The van der Waals surface area contributed by atoms with E-state index in [4.69, 9.17) is 0 Å². The molecule has 1 saturated heterocycles. The zero-order valence-corrected chi connectivity index (χ0v) is 12.2. The van der Waals surface area contributed by atoms with Crippen LogP contribution in [0.4, 0.5) is 11.4 Å². The number of nitro groups is 1. The maximum absolute atomic E-state index is 12.9. The average molecular weight is 310 g/mol. The van der Waals surface area contributed by atoms with Crippen LogP contribution in [0.3, 0.4) is 0 Å². The van der Waals surface area contributed by atoms with Crippen LogP contribution in [0.1, 0.15) is 12.8 Å². The molecule has 0 unspecified atom stereocenters. The van der Waals surface area contributed by atoms with Crippen molar-refractivity contribution >= 4 is 23.2 Å². The number of fused-ring (bicyclic) bond motifs is 3. The van der Waals surface area contributed by atoms with Gasteiger partial charge in [0, 0.05) is 6.07 Å². The number of carbonyl (C=O) groups is 2. The number of benzene rings is 1. The third kappa shape index (κ3) is 1.35. The standard InChI is InChI=1S/C17H14N2O4/c20-15-13-9-5-6-10(17(9)7-8-17)14(13)16(21)18(15)11-3-1-2-4-12(11)19(22)23/h1-6,9-10,13-14H,7-8H2/t9-,10+,13-,14-/m0/s1. The average Bonchev–Trinajstić information content (AvgIpc) is 3.13. The highest BCUT2D eigenvalue weighted by Crippen LogP contribution is 2.73. The van der Waals surface area contributed by atoms with E-state index in [1.165, 1.54) is 18.2 Å². The Morgan fingerprint density at radius 1 is 1.04 bits per heavy atom. The normalized spacial score (nSPS) is 35.2. The Hall–Kier alpha value is -2.50. The summed E-state index contributed by atoms with van der Waals surface area (Å²) >= 11 is 0. The molecule has 2 amide bonds. The van der Waals surface area contributed by atoms with E-state index < -0.39 is 4.92 Å². The second kappa shape index (κ2) is 3.88. The number of nitro benzene ring substituents is 1. The minimum Gasteiger partial charge on any atom is -0.274 e. The number of hydrogen-bond donors (Lipinski definition) is 0. The van der Waals surface area contributed by atoms with Gasteiger partial charge in [0.15, 0.2) is 0 Å². The number of amides is 2. The molecule has 0 radical (unpaired) electrons. The van der Waals surface area contributed by atoms with Crippen molar-refractivity contribution < 1.29 is 14.5 Å². The first-order chi connectivity index (χ1) is 11.1. The predicted molar refractivity (Wildman–Crippen MR) is 80.4 cm³/mol. The second-order valence-electron chi connectivity index (χ2n) is 6.98. The number of allylic oxidation sites excluding steroid dienone is 2. The molecule has 1 heterocycles. The van der Waals surface area contributed by atoms with Gasteiger partial charge in [-0.15, -0.1) is 0 Å². The van der Waals surface area contributed by atoms with E-state index in [0.717, 1.165) is 17.7 Å². The summed E-state index contributed by atoms with van der Waals surface area (Å²) in [4.78, 5) is 37.6. The highest BCUT2D eigenvalue weighted by atomic mass is 16.6. The predicted octanol–water partition coefficient (Wildman–Crippen LogP) is 2.30. The van der Waals surface area contributed by atoms with Crippen molar-refractivity contribution in [3.05, 3.63) is 46.5 Å². The topological polar surface area (TPSA) is 80.5 Å². The van der Waals surface area contributed by atoms with Gasteiger partial charge in [-0.1, -0.05) is 24.3 Å². The number of nitrogens with zero attached hydrogens (tertiary/aromatic N) is 2. The molecule has 4 atom stereocenters. The minimum atomic E-state index is -0.542. The molecule has 2 saturated carbocycles. The van der Waals surface area contributed by atoms with Gasteiger partial charge in [0.2, 0.25) is 11.8 Å². The first kappa shape index (κ1) is 13.0. The first-order valence-electron chi connectivity index (χ1n) is 7.86. The number of anilines is 1. The maximum Gasteiger partial charge on any atom is 0.293 e. The minimum absolute atomic E-state index is 0.103. The van der Waals surface area contributed by atoms with Crippen molar-refractivity contribution in [3.8, 4) is 0 Å². The maximum atomic E-state index is 12.9. The van der Waals surface area contributed by atoms with Crippen molar-refractivity contribution in [1.82, 2.24) is 0 Å². The number of rotatable bonds is 2. The van der Waals surface area contributed by atoms with Crippen LogP contribution in [0.2, 0.25) is 0 Å². The van der Waals surface area contributed by atoms with Gasteiger partial charge in [-0.05, 0) is 36.2 Å². The van der Waals surface area contributed by atoms with Gasteiger partial charge in [0.1, 0.15) is 5.69 Å². The Balaban J connectivity index is 1.60. The van der Waals surface area contributed by atoms with Crippen LogP contribution in [0.25, 0.3) is 0 Å². The van der Waals surface area contributed by atoms with Crippen molar-refractivity contribution in [2.24, 2.45) is 29.1 Å². The molecular weight excluding hydrogens is 296 g/mol. The molecule has 4 aliphatic rings. The third-order valence-corrected chi connectivity index (χ3v) is 6.17. The van der Waals surface area contributed by atoms with E-state index >= 15 is 0 Å². The second-order valence-corrected chi connectivity index (χ2v) is 6.98. The van der Waals surface area contributed by atoms with Crippen LogP contribution in [0.15, 0.2) is 36.4 Å². The SMILES string of the molecule is O=C1[C@@H]2[C@@H](C(=O)N1c1ccccc1[N+](=O)[O-])[C@@H]1C=C[C@H]2C12CC2.